The first-order valence-electron chi connectivity index (χ1n) is 7.53. The van der Waals surface area contributed by atoms with E-state index in [2.05, 4.69) is 5.32 Å². The van der Waals surface area contributed by atoms with E-state index in [1.165, 1.54) is 38.3 Å². The number of anilines is 1. The number of non-ortho nitro benzene ring substituents is 1. The van der Waals surface area contributed by atoms with Crippen LogP contribution >= 0.6 is 11.6 Å². The number of nitro benzene ring substituents is 1. The van der Waals surface area contributed by atoms with Crippen LogP contribution in [-0.4, -0.2) is 30.0 Å². The van der Waals surface area contributed by atoms with Gasteiger partial charge in [0, 0.05) is 12.1 Å². The molecule has 0 unspecified atom stereocenters. The molecule has 0 heterocycles. The van der Waals surface area contributed by atoms with E-state index >= 15 is 0 Å². The summed E-state index contributed by atoms with van der Waals surface area (Å²) in [5, 5.41) is 13.1. The summed E-state index contributed by atoms with van der Waals surface area (Å²) < 4.78 is 23.7. The van der Waals surface area contributed by atoms with E-state index in [9.17, 15) is 24.1 Å². The Bertz CT molecular complexity index is 885. The molecule has 1 N–H and O–H groups in total. The van der Waals surface area contributed by atoms with Crippen molar-refractivity contribution in [1.82, 2.24) is 0 Å². The van der Waals surface area contributed by atoms with Crippen molar-refractivity contribution < 1.29 is 28.4 Å². The lowest BCUT2D eigenvalue weighted by Crippen LogP contribution is -2.30. The molecule has 0 saturated heterocycles. The highest BCUT2D eigenvalue weighted by Crippen LogP contribution is 2.29. The Labute approximate surface area is 158 Å². The number of carbonyl (C=O) groups excluding carboxylic acids is 2. The molecule has 0 aliphatic heterocycles. The van der Waals surface area contributed by atoms with Crippen molar-refractivity contribution in [3.05, 3.63) is 62.9 Å². The van der Waals surface area contributed by atoms with E-state index < -0.39 is 34.3 Å². The number of halogens is 2. The van der Waals surface area contributed by atoms with Crippen LogP contribution in [0.25, 0.3) is 0 Å². The Morgan fingerprint density at radius 1 is 1.30 bits per heavy atom. The van der Waals surface area contributed by atoms with Crippen LogP contribution in [0.3, 0.4) is 0 Å². The molecule has 2 aromatic rings. The first-order valence-corrected chi connectivity index (χ1v) is 7.90. The van der Waals surface area contributed by atoms with Crippen molar-refractivity contribution in [3.8, 4) is 5.75 Å². The first kappa shape index (κ1) is 20.1. The Balaban J connectivity index is 2.15. The fourth-order valence-electron chi connectivity index (χ4n) is 2.11. The summed E-state index contributed by atoms with van der Waals surface area (Å²) in [7, 11) is 1.32. The van der Waals surface area contributed by atoms with Crippen LogP contribution in [0, 0.1) is 15.9 Å². The number of ether oxygens (including phenoxy) is 2. The second-order valence-electron chi connectivity index (χ2n) is 5.28. The predicted molar refractivity (Wildman–Crippen MR) is 94.6 cm³/mol. The average molecular weight is 397 g/mol. The van der Waals surface area contributed by atoms with Gasteiger partial charge in [-0.05, 0) is 25.1 Å². The zero-order valence-electron chi connectivity index (χ0n) is 14.2. The number of nitro groups is 1. The molecule has 2 aromatic carbocycles. The van der Waals surface area contributed by atoms with Crippen LogP contribution in [-0.2, 0) is 9.53 Å². The molecule has 27 heavy (non-hydrogen) atoms. The van der Waals surface area contributed by atoms with Crippen LogP contribution in [0.1, 0.15) is 17.3 Å². The Hall–Kier alpha value is -3.20. The summed E-state index contributed by atoms with van der Waals surface area (Å²) in [4.78, 5) is 34.6. The summed E-state index contributed by atoms with van der Waals surface area (Å²) in [6.45, 7) is 1.26. The molecule has 0 aliphatic rings. The summed E-state index contributed by atoms with van der Waals surface area (Å²) in [6, 6.07) is 7.26. The average Bonchev–Trinajstić information content (AvgIpc) is 2.61. The smallest absolute Gasteiger partial charge is 0.343 e. The number of benzene rings is 2. The van der Waals surface area contributed by atoms with Crippen LogP contribution in [0.15, 0.2) is 36.4 Å². The molecular weight excluding hydrogens is 383 g/mol. The summed E-state index contributed by atoms with van der Waals surface area (Å²) >= 11 is 5.78. The number of esters is 1. The molecule has 0 aliphatic carbocycles. The Kier molecular flexibility index (Phi) is 6.30. The number of nitrogens with zero attached hydrogens (tertiary/aromatic N) is 1. The molecule has 1 amide bonds. The number of hydrogen-bond acceptors (Lipinski definition) is 6. The van der Waals surface area contributed by atoms with E-state index in [0.29, 0.717) is 0 Å². The van der Waals surface area contributed by atoms with Gasteiger partial charge in [0.1, 0.15) is 17.1 Å². The van der Waals surface area contributed by atoms with Gasteiger partial charge in [-0.25, -0.2) is 9.18 Å². The molecule has 0 fully saturated rings. The topological polar surface area (TPSA) is 108 Å². The van der Waals surface area contributed by atoms with E-state index in [1.807, 2.05) is 0 Å². The fourth-order valence-corrected chi connectivity index (χ4v) is 2.35. The largest absolute Gasteiger partial charge is 0.495 e. The number of rotatable bonds is 6. The number of amides is 1. The number of hydrogen-bond donors (Lipinski definition) is 1. The van der Waals surface area contributed by atoms with E-state index in [4.69, 9.17) is 21.1 Å². The van der Waals surface area contributed by atoms with Crippen molar-refractivity contribution in [2.75, 3.05) is 12.4 Å². The minimum atomic E-state index is -1.34. The molecule has 0 radical (unpaired) electrons. The lowest BCUT2D eigenvalue weighted by Gasteiger charge is -2.15. The monoisotopic (exact) mass is 396 g/mol. The van der Waals surface area contributed by atoms with Crippen LogP contribution < -0.4 is 10.1 Å². The fraction of sp³-hybridized carbons (Fsp3) is 0.176. The van der Waals surface area contributed by atoms with Crippen molar-refractivity contribution in [2.24, 2.45) is 0 Å². The molecule has 8 nitrogen and oxygen atoms in total. The van der Waals surface area contributed by atoms with Crippen molar-refractivity contribution in [3.63, 3.8) is 0 Å². The molecule has 0 saturated carbocycles. The molecule has 1 atom stereocenters. The summed E-state index contributed by atoms with van der Waals surface area (Å²) in [5.74, 6) is -2.63. The minimum Gasteiger partial charge on any atom is -0.495 e. The molecule has 0 spiro atoms. The van der Waals surface area contributed by atoms with Crippen molar-refractivity contribution >= 4 is 34.9 Å². The van der Waals surface area contributed by atoms with Gasteiger partial charge in [0.25, 0.3) is 11.6 Å². The number of methoxy groups -OCH3 is 1. The summed E-state index contributed by atoms with van der Waals surface area (Å²) in [5.41, 5.74) is -0.746. The van der Waals surface area contributed by atoms with Gasteiger partial charge >= 0.3 is 5.97 Å². The maximum Gasteiger partial charge on any atom is 0.343 e. The molecule has 10 heteroatoms. The third-order valence-electron chi connectivity index (χ3n) is 3.47. The van der Waals surface area contributed by atoms with Crippen molar-refractivity contribution in [1.29, 1.82) is 0 Å². The number of nitrogens with one attached hydrogen (secondary N) is 1. The third-order valence-corrected chi connectivity index (χ3v) is 3.79. The quantitative estimate of drug-likeness (QED) is 0.454. The second kappa shape index (κ2) is 8.45. The Morgan fingerprint density at radius 2 is 2.00 bits per heavy atom. The highest BCUT2D eigenvalue weighted by Gasteiger charge is 2.24. The maximum absolute atomic E-state index is 13.8. The predicted octanol–water partition coefficient (Wildman–Crippen LogP) is 3.58. The molecule has 142 valence electrons. The van der Waals surface area contributed by atoms with E-state index in [0.717, 1.165) is 12.1 Å². The lowest BCUT2D eigenvalue weighted by molar-refractivity contribution is -0.384. The third kappa shape index (κ3) is 4.70. The van der Waals surface area contributed by atoms with Gasteiger partial charge in [-0.2, -0.15) is 0 Å². The van der Waals surface area contributed by atoms with Gasteiger partial charge in [-0.3, -0.25) is 14.9 Å². The van der Waals surface area contributed by atoms with Gasteiger partial charge in [0.2, 0.25) is 0 Å². The number of carbonyl (C=O) groups is 2. The second-order valence-corrected chi connectivity index (χ2v) is 5.68. The van der Waals surface area contributed by atoms with Crippen LogP contribution in [0.4, 0.5) is 15.8 Å². The van der Waals surface area contributed by atoms with Gasteiger partial charge in [0.15, 0.2) is 6.10 Å². The lowest BCUT2D eigenvalue weighted by atomic mass is 10.2. The highest BCUT2D eigenvalue weighted by atomic mass is 35.5. The van der Waals surface area contributed by atoms with Gasteiger partial charge in [-0.15, -0.1) is 0 Å². The van der Waals surface area contributed by atoms with E-state index in [1.54, 1.807) is 0 Å². The van der Waals surface area contributed by atoms with Crippen molar-refractivity contribution in [2.45, 2.75) is 13.0 Å². The molecule has 0 aromatic heterocycles. The SMILES string of the molecule is COc1ccc([N+](=O)[O-])cc1NC(=O)[C@@H](C)OC(=O)c1c(F)cccc1Cl. The summed E-state index contributed by atoms with van der Waals surface area (Å²) in [6.07, 6.45) is -1.34. The van der Waals surface area contributed by atoms with Gasteiger partial charge < -0.3 is 14.8 Å². The van der Waals surface area contributed by atoms with Crippen LogP contribution in [0.5, 0.6) is 5.75 Å². The minimum absolute atomic E-state index is 0.0172. The highest BCUT2D eigenvalue weighted by molar-refractivity contribution is 6.33. The van der Waals surface area contributed by atoms with Crippen LogP contribution in [0.2, 0.25) is 5.02 Å². The maximum atomic E-state index is 13.8. The molecular formula is C17H14ClFN2O6. The zero-order valence-corrected chi connectivity index (χ0v) is 15.0. The molecule has 0 bridgehead atoms. The zero-order chi connectivity index (χ0) is 20.1. The Morgan fingerprint density at radius 3 is 2.59 bits per heavy atom. The normalized spacial score (nSPS) is 11.4. The first-order chi connectivity index (χ1) is 12.7. The van der Waals surface area contributed by atoms with Gasteiger partial charge in [0.05, 0.1) is 22.7 Å². The van der Waals surface area contributed by atoms with Gasteiger partial charge in [-0.1, -0.05) is 17.7 Å². The molecule has 2 rings (SSSR count). The standard InChI is InChI=1S/C17H14ClFN2O6/c1-9(27-17(23)15-11(18)4-3-5-12(15)19)16(22)20-13-8-10(21(24)25)6-7-14(13)26-2/h3-9H,1-2H3,(H,20,22)/t9-/m1/s1. The van der Waals surface area contributed by atoms with E-state index in [-0.39, 0.29) is 22.1 Å².